The summed E-state index contributed by atoms with van der Waals surface area (Å²) in [6, 6.07) is 8.36. The first kappa shape index (κ1) is 17.2. The summed E-state index contributed by atoms with van der Waals surface area (Å²) < 4.78 is 1.72. The zero-order chi connectivity index (χ0) is 19.1. The van der Waals surface area contributed by atoms with Crippen molar-refractivity contribution in [2.45, 2.75) is 32.2 Å². The first-order valence-corrected chi connectivity index (χ1v) is 8.88. The number of carboxylic acid groups (broad SMARTS) is 1. The number of carbonyl (C=O) groups is 2. The lowest BCUT2D eigenvalue weighted by Gasteiger charge is -2.09. The van der Waals surface area contributed by atoms with Crippen molar-refractivity contribution in [3.05, 3.63) is 58.4 Å². The topological polar surface area (TPSA) is 97.1 Å². The van der Waals surface area contributed by atoms with Crippen LogP contribution in [0.15, 0.2) is 30.3 Å². The van der Waals surface area contributed by atoms with Crippen molar-refractivity contribution in [3.8, 4) is 0 Å². The number of nitrogens with one attached hydrogen (secondary N) is 1. The molecule has 7 nitrogen and oxygen atoms in total. The van der Waals surface area contributed by atoms with E-state index in [-0.39, 0.29) is 11.5 Å². The Bertz CT molecular complexity index is 1050. The molecule has 0 radical (unpaired) electrons. The highest BCUT2D eigenvalue weighted by Gasteiger charge is 2.28. The minimum atomic E-state index is -0.968. The van der Waals surface area contributed by atoms with Crippen molar-refractivity contribution in [1.29, 1.82) is 0 Å². The van der Waals surface area contributed by atoms with Crippen molar-refractivity contribution in [2.24, 2.45) is 7.05 Å². The number of aromatic nitrogens is 3. The van der Waals surface area contributed by atoms with E-state index in [9.17, 15) is 9.59 Å². The molecular weight excluding hydrogens is 344 g/mol. The Hall–Kier alpha value is -3.22. The van der Waals surface area contributed by atoms with Gasteiger partial charge in [0, 0.05) is 25.2 Å². The summed E-state index contributed by atoms with van der Waals surface area (Å²) in [6.07, 6.45) is 2.21. The number of rotatable bonds is 5. The monoisotopic (exact) mass is 364 g/mol. The fourth-order valence-electron chi connectivity index (χ4n) is 3.27. The number of aromatic carboxylic acids is 1. The maximum Gasteiger partial charge on any atom is 0.335 e. The van der Waals surface area contributed by atoms with Crippen LogP contribution in [0.2, 0.25) is 0 Å². The molecular formula is C20H20N4O3. The molecule has 0 aliphatic heterocycles. The van der Waals surface area contributed by atoms with Crippen LogP contribution >= 0.6 is 0 Å². The van der Waals surface area contributed by atoms with Gasteiger partial charge in [-0.15, -0.1) is 0 Å². The fraction of sp³-hybridized carbons (Fsp3) is 0.300. The molecule has 2 aromatic heterocycles. The van der Waals surface area contributed by atoms with E-state index in [2.05, 4.69) is 10.4 Å². The van der Waals surface area contributed by atoms with Crippen LogP contribution in [0.25, 0.3) is 11.0 Å². The molecule has 2 heterocycles. The van der Waals surface area contributed by atoms with Crippen molar-refractivity contribution in [2.75, 3.05) is 0 Å². The number of amides is 1. The van der Waals surface area contributed by atoms with E-state index >= 15 is 0 Å². The lowest BCUT2D eigenvalue weighted by atomic mass is 10.1. The Kier molecular flexibility index (Phi) is 4.14. The molecule has 0 spiro atoms. The molecule has 7 heteroatoms. The first-order valence-electron chi connectivity index (χ1n) is 8.88. The second kappa shape index (κ2) is 6.50. The van der Waals surface area contributed by atoms with Gasteiger partial charge in [-0.2, -0.15) is 5.10 Å². The molecule has 1 aliphatic carbocycles. The van der Waals surface area contributed by atoms with Crippen LogP contribution < -0.4 is 5.32 Å². The molecule has 1 fully saturated rings. The van der Waals surface area contributed by atoms with E-state index in [1.807, 2.05) is 20.0 Å². The Morgan fingerprint density at radius 1 is 1.26 bits per heavy atom. The molecule has 3 aromatic rings. The van der Waals surface area contributed by atoms with E-state index in [0.29, 0.717) is 18.0 Å². The van der Waals surface area contributed by atoms with E-state index < -0.39 is 5.97 Å². The third kappa shape index (κ3) is 3.28. The van der Waals surface area contributed by atoms with Crippen molar-refractivity contribution in [3.63, 3.8) is 0 Å². The largest absolute Gasteiger partial charge is 0.478 e. The van der Waals surface area contributed by atoms with E-state index in [0.717, 1.165) is 40.8 Å². The van der Waals surface area contributed by atoms with Gasteiger partial charge in [-0.05, 0) is 43.5 Å². The average Bonchev–Trinajstić information content (AvgIpc) is 3.46. The second-order valence-electron chi connectivity index (χ2n) is 6.96. The van der Waals surface area contributed by atoms with Gasteiger partial charge in [0.2, 0.25) is 0 Å². The predicted molar refractivity (Wildman–Crippen MR) is 99.8 cm³/mol. The molecule has 138 valence electrons. The quantitative estimate of drug-likeness (QED) is 0.725. The third-order valence-corrected chi connectivity index (χ3v) is 4.88. The Morgan fingerprint density at radius 3 is 2.59 bits per heavy atom. The molecule has 1 amide bonds. The molecule has 0 unspecified atom stereocenters. The predicted octanol–water partition coefficient (Wildman–Crippen LogP) is 2.78. The number of hydrogen-bond acceptors (Lipinski definition) is 4. The normalized spacial score (nSPS) is 13.7. The third-order valence-electron chi connectivity index (χ3n) is 4.88. The number of hydrogen-bond donors (Lipinski definition) is 2. The van der Waals surface area contributed by atoms with Gasteiger partial charge in [0.15, 0.2) is 5.65 Å². The molecule has 1 aliphatic rings. The summed E-state index contributed by atoms with van der Waals surface area (Å²) in [7, 11) is 1.84. The van der Waals surface area contributed by atoms with E-state index in [4.69, 9.17) is 10.1 Å². The van der Waals surface area contributed by atoms with Gasteiger partial charge in [-0.25, -0.2) is 9.78 Å². The van der Waals surface area contributed by atoms with Gasteiger partial charge in [-0.1, -0.05) is 12.1 Å². The lowest BCUT2D eigenvalue weighted by molar-refractivity contribution is 0.0696. The molecule has 4 rings (SSSR count). The SMILES string of the molecule is Cc1nn(C)c2nc(C3CC3)cc(C(=O)NCc3ccc(C(=O)O)cc3)c12. The van der Waals surface area contributed by atoms with Crippen molar-refractivity contribution >= 4 is 22.9 Å². The van der Waals surface area contributed by atoms with Gasteiger partial charge in [-0.3, -0.25) is 9.48 Å². The van der Waals surface area contributed by atoms with Crippen LogP contribution in [0.4, 0.5) is 0 Å². The first-order chi connectivity index (χ1) is 12.9. The zero-order valence-corrected chi connectivity index (χ0v) is 15.2. The molecule has 0 bridgehead atoms. The van der Waals surface area contributed by atoms with Gasteiger partial charge in [0.25, 0.3) is 5.91 Å². The summed E-state index contributed by atoms with van der Waals surface area (Å²) >= 11 is 0. The van der Waals surface area contributed by atoms with Gasteiger partial charge < -0.3 is 10.4 Å². The highest BCUT2D eigenvalue weighted by Crippen LogP contribution is 2.40. The van der Waals surface area contributed by atoms with Crippen LogP contribution in [-0.4, -0.2) is 31.7 Å². The number of nitrogens with zero attached hydrogens (tertiary/aromatic N) is 3. The maximum absolute atomic E-state index is 12.9. The van der Waals surface area contributed by atoms with Crippen LogP contribution in [-0.2, 0) is 13.6 Å². The number of carbonyl (C=O) groups excluding carboxylic acids is 1. The molecule has 0 saturated heterocycles. The summed E-state index contributed by atoms with van der Waals surface area (Å²) in [5.74, 6) is -0.716. The van der Waals surface area contributed by atoms with Crippen LogP contribution in [0.3, 0.4) is 0 Å². The Balaban J connectivity index is 1.61. The summed E-state index contributed by atoms with van der Waals surface area (Å²) in [6.45, 7) is 2.20. The van der Waals surface area contributed by atoms with Gasteiger partial charge >= 0.3 is 5.97 Å². The number of pyridine rings is 1. The molecule has 0 atom stereocenters. The number of aryl methyl sites for hydroxylation is 2. The molecule has 1 saturated carbocycles. The minimum Gasteiger partial charge on any atom is -0.478 e. The average molecular weight is 364 g/mol. The number of benzene rings is 1. The summed E-state index contributed by atoms with van der Waals surface area (Å²) in [5.41, 5.74) is 4.10. The van der Waals surface area contributed by atoms with Crippen LogP contribution in [0.1, 0.15) is 56.4 Å². The Labute approximate surface area is 156 Å². The van der Waals surface area contributed by atoms with Crippen LogP contribution in [0.5, 0.6) is 0 Å². The lowest BCUT2D eigenvalue weighted by Crippen LogP contribution is -2.23. The second-order valence-corrected chi connectivity index (χ2v) is 6.96. The molecule has 27 heavy (non-hydrogen) atoms. The number of carboxylic acids is 1. The maximum atomic E-state index is 12.9. The van der Waals surface area contributed by atoms with Gasteiger partial charge in [0.05, 0.1) is 22.2 Å². The number of fused-ring (bicyclic) bond motifs is 1. The highest BCUT2D eigenvalue weighted by molar-refractivity contribution is 6.06. The summed E-state index contributed by atoms with van der Waals surface area (Å²) in [5, 5.41) is 17.1. The molecule has 2 N–H and O–H groups in total. The molecule has 1 aromatic carbocycles. The smallest absolute Gasteiger partial charge is 0.335 e. The highest BCUT2D eigenvalue weighted by atomic mass is 16.4. The standard InChI is InChI=1S/C20H20N4O3/c1-11-17-15(9-16(13-7-8-13)22-18(17)24(2)23-11)19(25)21-10-12-3-5-14(6-4-12)20(26)27/h3-6,9,13H,7-8,10H2,1-2H3,(H,21,25)(H,26,27). The Morgan fingerprint density at radius 2 is 1.96 bits per heavy atom. The summed E-state index contributed by atoms with van der Waals surface area (Å²) in [4.78, 5) is 28.5. The minimum absolute atomic E-state index is 0.178. The fourth-order valence-corrected chi connectivity index (χ4v) is 3.27. The van der Waals surface area contributed by atoms with Crippen molar-refractivity contribution < 1.29 is 14.7 Å². The van der Waals surface area contributed by atoms with E-state index in [1.165, 1.54) is 12.1 Å². The van der Waals surface area contributed by atoms with Crippen molar-refractivity contribution in [1.82, 2.24) is 20.1 Å². The van der Waals surface area contributed by atoms with Crippen LogP contribution in [0, 0.1) is 6.92 Å². The van der Waals surface area contributed by atoms with Gasteiger partial charge in [0.1, 0.15) is 0 Å². The zero-order valence-electron chi connectivity index (χ0n) is 15.2. The van der Waals surface area contributed by atoms with E-state index in [1.54, 1.807) is 16.8 Å².